The third kappa shape index (κ3) is 3.83. The Morgan fingerprint density at radius 3 is 2.41 bits per heavy atom. The minimum absolute atomic E-state index is 0.234. The summed E-state index contributed by atoms with van der Waals surface area (Å²) in [6.45, 7) is 0.275. The van der Waals surface area contributed by atoms with E-state index in [1.165, 1.54) is 16.7 Å². The molecule has 1 N–H and O–H groups in total. The maximum absolute atomic E-state index is 13.2. The first-order valence-corrected chi connectivity index (χ1v) is 9.52. The summed E-state index contributed by atoms with van der Waals surface area (Å²) in [7, 11) is 0. The number of hydrogen-bond donors (Lipinski definition) is 1. The van der Waals surface area contributed by atoms with Gasteiger partial charge in [-0.1, -0.05) is 15.9 Å². The van der Waals surface area contributed by atoms with Crippen LogP contribution in [0.2, 0.25) is 0 Å². The van der Waals surface area contributed by atoms with E-state index in [9.17, 15) is 18.8 Å². The van der Waals surface area contributed by atoms with Crippen molar-refractivity contribution in [3.8, 4) is 0 Å². The van der Waals surface area contributed by atoms with E-state index in [1.807, 2.05) is 0 Å². The lowest BCUT2D eigenvalue weighted by molar-refractivity contribution is -0.117. The second-order valence-corrected chi connectivity index (χ2v) is 7.32. The predicted octanol–water partition coefficient (Wildman–Crippen LogP) is 2.10. The van der Waals surface area contributed by atoms with Gasteiger partial charge in [-0.2, -0.15) is 0 Å². The summed E-state index contributed by atoms with van der Waals surface area (Å²) in [4.78, 5) is 38.8. The molecule has 0 atom stereocenters. The fourth-order valence-corrected chi connectivity index (χ4v) is 3.33. The number of anilines is 3. The molecule has 0 fully saturated rings. The Labute approximate surface area is 172 Å². The molecule has 10 heteroatoms. The zero-order valence-electron chi connectivity index (χ0n) is 15.0. The predicted molar refractivity (Wildman–Crippen MR) is 109 cm³/mol. The molecule has 0 aliphatic carbocycles. The van der Waals surface area contributed by atoms with Crippen molar-refractivity contribution in [2.75, 3.05) is 16.8 Å². The quantitative estimate of drug-likeness (QED) is 0.603. The summed E-state index contributed by atoms with van der Waals surface area (Å²) in [5.74, 6) is -0.636. The van der Waals surface area contributed by atoms with Crippen LogP contribution in [0.25, 0.3) is 0 Å². The van der Waals surface area contributed by atoms with Crippen LogP contribution in [-0.2, 0) is 17.9 Å². The molecule has 29 heavy (non-hydrogen) atoms. The van der Waals surface area contributed by atoms with Gasteiger partial charge in [0.05, 0.1) is 0 Å². The van der Waals surface area contributed by atoms with Crippen LogP contribution in [0, 0.1) is 5.82 Å². The normalized spacial score (nSPS) is 12.7. The number of benzene rings is 2. The van der Waals surface area contributed by atoms with Gasteiger partial charge >= 0.3 is 11.1 Å². The number of carbonyl (C=O) groups excluding carboxylic acids is 1. The van der Waals surface area contributed by atoms with Gasteiger partial charge in [0, 0.05) is 28.9 Å². The van der Waals surface area contributed by atoms with Crippen molar-refractivity contribution >= 4 is 39.2 Å². The number of rotatable bonds is 4. The molecule has 0 saturated heterocycles. The molecule has 1 aliphatic heterocycles. The van der Waals surface area contributed by atoms with Crippen molar-refractivity contribution in [1.82, 2.24) is 14.3 Å². The molecule has 0 unspecified atom stereocenters. The van der Waals surface area contributed by atoms with Crippen LogP contribution >= 0.6 is 15.9 Å². The van der Waals surface area contributed by atoms with Crippen molar-refractivity contribution in [3.63, 3.8) is 0 Å². The van der Waals surface area contributed by atoms with Crippen LogP contribution in [0.15, 0.2) is 62.6 Å². The van der Waals surface area contributed by atoms with E-state index in [1.54, 1.807) is 41.3 Å². The number of carbonyl (C=O) groups is 1. The topological polar surface area (TPSA) is 89.2 Å². The average Bonchev–Trinajstić information content (AvgIpc) is 3.12. The van der Waals surface area contributed by atoms with E-state index in [2.05, 4.69) is 26.3 Å². The summed E-state index contributed by atoms with van der Waals surface area (Å²) in [6, 6.07) is 12.7. The fourth-order valence-electron chi connectivity index (χ4n) is 3.07. The van der Waals surface area contributed by atoms with Crippen LogP contribution in [0.1, 0.15) is 0 Å². The lowest BCUT2D eigenvalue weighted by atomic mass is 10.3. The number of aromatic nitrogens is 3. The molecule has 1 amide bonds. The summed E-state index contributed by atoms with van der Waals surface area (Å²) in [5.41, 5.74) is -0.442. The molecule has 148 valence electrons. The Hall–Kier alpha value is -3.27. The Morgan fingerprint density at radius 2 is 1.72 bits per heavy atom. The monoisotopic (exact) mass is 459 g/mol. The maximum Gasteiger partial charge on any atom is 0.333 e. The van der Waals surface area contributed by atoms with Crippen LogP contribution in [0.5, 0.6) is 0 Å². The molecule has 2 aromatic carbocycles. The lowest BCUT2D eigenvalue weighted by Gasteiger charge is -2.17. The molecule has 0 bridgehead atoms. The smallest absolute Gasteiger partial charge is 0.324 e. The molecule has 4 rings (SSSR count). The first-order chi connectivity index (χ1) is 13.9. The minimum Gasteiger partial charge on any atom is -0.324 e. The van der Waals surface area contributed by atoms with Crippen molar-refractivity contribution in [2.45, 2.75) is 13.1 Å². The number of nitrogens with one attached hydrogen (secondary N) is 1. The third-order valence-electron chi connectivity index (χ3n) is 4.46. The van der Waals surface area contributed by atoms with Crippen LogP contribution in [0.3, 0.4) is 0 Å². The van der Waals surface area contributed by atoms with Crippen LogP contribution in [0.4, 0.5) is 21.7 Å². The van der Waals surface area contributed by atoms with E-state index >= 15 is 0 Å². The Bertz CT molecular complexity index is 1190. The first kappa shape index (κ1) is 19.1. The second-order valence-electron chi connectivity index (χ2n) is 6.40. The molecule has 8 nitrogen and oxygen atoms in total. The van der Waals surface area contributed by atoms with Gasteiger partial charge in [0.25, 0.3) is 0 Å². The van der Waals surface area contributed by atoms with Crippen LogP contribution < -0.4 is 21.3 Å². The zero-order chi connectivity index (χ0) is 20.5. The van der Waals surface area contributed by atoms with Gasteiger partial charge in [-0.15, -0.1) is 5.10 Å². The van der Waals surface area contributed by atoms with E-state index in [-0.39, 0.29) is 18.3 Å². The van der Waals surface area contributed by atoms with E-state index < -0.39 is 23.6 Å². The first-order valence-electron chi connectivity index (χ1n) is 8.73. The van der Waals surface area contributed by atoms with Crippen molar-refractivity contribution in [1.29, 1.82) is 0 Å². The largest absolute Gasteiger partial charge is 0.333 e. The highest BCUT2D eigenvalue weighted by Gasteiger charge is 2.26. The molecule has 1 aliphatic rings. The number of amides is 1. The SMILES string of the molecule is O=C(Cn1nc2n(c(=O)c1=O)CCN2c1ccc(F)cc1)Nc1ccc(Br)cc1. The van der Waals surface area contributed by atoms with Crippen molar-refractivity contribution in [2.24, 2.45) is 0 Å². The van der Waals surface area contributed by atoms with Gasteiger partial charge in [0.15, 0.2) is 0 Å². The molecule has 0 radical (unpaired) electrons. The van der Waals surface area contributed by atoms with Gasteiger partial charge in [-0.05, 0) is 48.5 Å². The van der Waals surface area contributed by atoms with E-state index in [0.717, 1.165) is 9.15 Å². The Morgan fingerprint density at radius 1 is 1.03 bits per heavy atom. The summed E-state index contributed by atoms with van der Waals surface area (Å²) in [6.07, 6.45) is 0. The second kappa shape index (κ2) is 7.63. The number of nitrogens with zero attached hydrogens (tertiary/aromatic N) is 4. The van der Waals surface area contributed by atoms with Gasteiger partial charge in [-0.3, -0.25) is 19.0 Å². The van der Waals surface area contributed by atoms with Gasteiger partial charge in [0.1, 0.15) is 12.4 Å². The highest BCUT2D eigenvalue weighted by molar-refractivity contribution is 9.10. The Kier molecular flexibility index (Phi) is 5.01. The minimum atomic E-state index is -0.874. The number of fused-ring (bicyclic) bond motifs is 1. The molecular formula is C19H15BrFN5O3. The molecular weight excluding hydrogens is 445 g/mol. The van der Waals surface area contributed by atoms with Crippen molar-refractivity contribution in [3.05, 3.63) is 79.5 Å². The van der Waals surface area contributed by atoms with E-state index in [4.69, 9.17) is 0 Å². The molecule has 0 saturated carbocycles. The van der Waals surface area contributed by atoms with Crippen molar-refractivity contribution < 1.29 is 9.18 Å². The zero-order valence-corrected chi connectivity index (χ0v) is 16.6. The highest BCUT2D eigenvalue weighted by Crippen LogP contribution is 2.26. The van der Waals surface area contributed by atoms with Gasteiger partial charge in [-0.25, -0.2) is 9.07 Å². The molecule has 3 aromatic rings. The van der Waals surface area contributed by atoms with Gasteiger partial charge < -0.3 is 10.2 Å². The standard InChI is InChI=1S/C19H15BrFN5O3/c20-12-1-5-14(6-2-12)22-16(27)11-26-18(29)17(28)25-10-9-24(19(25)23-26)15-7-3-13(21)4-8-15/h1-8H,9-11H2,(H,22,27). The highest BCUT2D eigenvalue weighted by atomic mass is 79.9. The third-order valence-corrected chi connectivity index (χ3v) is 4.99. The lowest BCUT2D eigenvalue weighted by Crippen LogP contribution is -2.44. The van der Waals surface area contributed by atoms with Gasteiger partial charge in [0.2, 0.25) is 11.9 Å². The fraction of sp³-hybridized carbons (Fsp3) is 0.158. The Balaban J connectivity index is 1.62. The number of hydrogen-bond acceptors (Lipinski definition) is 5. The average molecular weight is 460 g/mol. The number of halogens is 2. The summed E-state index contributed by atoms with van der Waals surface area (Å²) in [5, 5.41) is 6.88. The van der Waals surface area contributed by atoms with E-state index in [0.29, 0.717) is 17.9 Å². The molecule has 2 heterocycles. The summed E-state index contributed by atoms with van der Waals surface area (Å²) >= 11 is 3.31. The molecule has 0 spiro atoms. The van der Waals surface area contributed by atoms with Crippen LogP contribution in [-0.4, -0.2) is 26.8 Å². The maximum atomic E-state index is 13.2. The molecule has 1 aromatic heterocycles. The summed E-state index contributed by atoms with van der Waals surface area (Å²) < 4.78 is 16.2.